The number of aromatic nitrogens is 2. The second kappa shape index (κ2) is 10.6. The zero-order chi connectivity index (χ0) is 30.8. The van der Waals surface area contributed by atoms with E-state index in [1.54, 1.807) is 24.4 Å². The van der Waals surface area contributed by atoms with Crippen molar-refractivity contribution in [3.63, 3.8) is 0 Å². The first kappa shape index (κ1) is 28.8. The number of carbonyl (C=O) groups excluding carboxylic acids is 1. The number of hydrogen-bond donors (Lipinski definition) is 2. The monoisotopic (exact) mass is 627 g/mol. The lowest BCUT2D eigenvalue weighted by Crippen LogP contribution is -2.43. The van der Waals surface area contributed by atoms with Crippen LogP contribution in [-0.2, 0) is 5.60 Å². The van der Waals surface area contributed by atoms with Gasteiger partial charge in [-0.2, -0.15) is 13.2 Å². The quantitative estimate of drug-likeness (QED) is 0.211. The molecule has 7 rings (SSSR count). The lowest BCUT2D eigenvalue weighted by molar-refractivity contribution is -0.151. The van der Waals surface area contributed by atoms with Crippen molar-refractivity contribution >= 4 is 28.4 Å². The summed E-state index contributed by atoms with van der Waals surface area (Å²) in [4.78, 5) is 22.4. The molecule has 2 aliphatic carbocycles. The number of fused-ring (bicyclic) bond motifs is 2. The van der Waals surface area contributed by atoms with Crippen LogP contribution < -0.4 is 14.8 Å². The topological polar surface area (TPSA) is 93.6 Å². The van der Waals surface area contributed by atoms with Gasteiger partial charge in [0.2, 0.25) is 0 Å². The summed E-state index contributed by atoms with van der Waals surface area (Å²) in [6, 6.07) is 11.7. The predicted octanol–water partition coefficient (Wildman–Crippen LogP) is 6.70. The summed E-state index contributed by atoms with van der Waals surface area (Å²) >= 11 is 5.99. The Morgan fingerprint density at radius 2 is 1.91 bits per heavy atom. The molecule has 3 heterocycles. The smallest absolute Gasteiger partial charge is 0.399 e. The van der Waals surface area contributed by atoms with Gasteiger partial charge in [0.15, 0.2) is 0 Å². The first-order chi connectivity index (χ1) is 21.0. The molecule has 1 amide bonds. The Hall–Kier alpha value is -3.96. The Balaban J connectivity index is 1.25. The molecule has 2 saturated carbocycles. The zero-order valence-electron chi connectivity index (χ0n) is 23.1. The second-order valence-electron chi connectivity index (χ2n) is 11.6. The summed E-state index contributed by atoms with van der Waals surface area (Å²) in [5.74, 6) is -3.14. The standard InChI is InChI=1S/C32H26ClF4N3O4/c33-23-11-17(3-8-24(23)34)28-29-21(22(14-43-29)32(35,36)37)13-26(40-28)31(42,19-4-5-19)15-39-30(41)18-10-16-2-1-9-38-27(16)25(12-18)44-20-6-7-20/h1-3,8-13,19-20,22,42H,4-7,14-15H2,(H,39,41)/t22-,31?/m1/s1. The fraction of sp³-hybridized carbons (Fsp3) is 0.344. The first-order valence-electron chi connectivity index (χ1n) is 14.3. The van der Waals surface area contributed by atoms with Crippen LogP contribution in [0.5, 0.6) is 11.5 Å². The highest BCUT2D eigenvalue weighted by atomic mass is 35.5. The first-order valence-corrected chi connectivity index (χ1v) is 14.7. The molecule has 1 aliphatic heterocycles. The number of alkyl halides is 3. The molecule has 7 nitrogen and oxygen atoms in total. The third-order valence-electron chi connectivity index (χ3n) is 8.32. The van der Waals surface area contributed by atoms with Crippen LogP contribution in [0.15, 0.2) is 54.7 Å². The molecule has 0 radical (unpaired) electrons. The van der Waals surface area contributed by atoms with Crippen LogP contribution >= 0.6 is 11.6 Å². The molecular weight excluding hydrogens is 602 g/mol. The van der Waals surface area contributed by atoms with E-state index in [0.717, 1.165) is 18.9 Å². The fourth-order valence-corrected chi connectivity index (χ4v) is 5.80. The van der Waals surface area contributed by atoms with Gasteiger partial charge < -0.3 is 19.9 Å². The average molecular weight is 628 g/mol. The van der Waals surface area contributed by atoms with E-state index in [2.05, 4.69) is 15.3 Å². The highest BCUT2D eigenvalue weighted by molar-refractivity contribution is 6.31. The van der Waals surface area contributed by atoms with Gasteiger partial charge in [-0.3, -0.25) is 9.78 Å². The molecule has 0 bridgehead atoms. The maximum atomic E-state index is 14.1. The molecular formula is C32H26ClF4N3O4. The van der Waals surface area contributed by atoms with Crippen molar-refractivity contribution in [3.05, 3.63) is 82.4 Å². The molecule has 2 N–H and O–H groups in total. The number of rotatable bonds is 8. The van der Waals surface area contributed by atoms with Crippen LogP contribution in [0.25, 0.3) is 22.2 Å². The Morgan fingerprint density at radius 3 is 2.61 bits per heavy atom. The molecule has 228 valence electrons. The van der Waals surface area contributed by atoms with Crippen molar-refractivity contribution in [1.29, 1.82) is 0 Å². The molecule has 0 spiro atoms. The summed E-state index contributed by atoms with van der Waals surface area (Å²) < 4.78 is 67.6. The zero-order valence-corrected chi connectivity index (χ0v) is 23.9. The van der Waals surface area contributed by atoms with Gasteiger partial charge in [0.1, 0.15) is 46.7 Å². The Kier molecular flexibility index (Phi) is 6.93. The Morgan fingerprint density at radius 1 is 1.11 bits per heavy atom. The number of benzene rings is 2. The van der Waals surface area contributed by atoms with Crippen LogP contribution in [0.1, 0.15) is 53.2 Å². The van der Waals surface area contributed by atoms with Gasteiger partial charge in [-0.1, -0.05) is 17.7 Å². The number of hydrogen-bond acceptors (Lipinski definition) is 6. The van der Waals surface area contributed by atoms with E-state index in [9.17, 15) is 27.5 Å². The van der Waals surface area contributed by atoms with Gasteiger partial charge in [0.05, 0.1) is 23.4 Å². The number of ether oxygens (including phenoxy) is 2. The molecule has 12 heteroatoms. The van der Waals surface area contributed by atoms with Gasteiger partial charge in [0.25, 0.3) is 5.91 Å². The minimum Gasteiger partial charge on any atom is -0.490 e. The number of aliphatic hydroxyl groups is 1. The van der Waals surface area contributed by atoms with Gasteiger partial charge in [-0.05, 0) is 74.1 Å². The minimum atomic E-state index is -4.63. The Labute approximate surface area is 254 Å². The number of pyridine rings is 2. The van der Waals surface area contributed by atoms with E-state index in [1.807, 2.05) is 6.07 Å². The molecule has 1 unspecified atom stereocenters. The summed E-state index contributed by atoms with van der Waals surface area (Å²) in [7, 11) is 0. The number of nitrogens with one attached hydrogen (secondary N) is 1. The van der Waals surface area contributed by atoms with E-state index in [1.165, 1.54) is 18.2 Å². The SMILES string of the molecule is O=C(NCC(O)(c1cc2c(c(-c3ccc(F)c(Cl)c3)n1)OC[C@H]2C(F)(F)F)C1CC1)c1cc(OC2CC2)c2ncccc2c1. The van der Waals surface area contributed by atoms with Crippen LogP contribution in [-0.4, -0.2) is 46.4 Å². The molecule has 0 saturated heterocycles. The van der Waals surface area contributed by atoms with E-state index in [0.29, 0.717) is 29.5 Å². The second-order valence-corrected chi connectivity index (χ2v) is 12.0. The van der Waals surface area contributed by atoms with E-state index in [4.69, 9.17) is 21.1 Å². The van der Waals surface area contributed by atoms with Gasteiger partial charge in [-0.25, -0.2) is 9.37 Å². The molecule has 2 atom stereocenters. The minimum absolute atomic E-state index is 0.000414. The van der Waals surface area contributed by atoms with E-state index in [-0.39, 0.29) is 57.4 Å². The lowest BCUT2D eigenvalue weighted by Gasteiger charge is -2.29. The summed E-state index contributed by atoms with van der Waals surface area (Å²) in [6.07, 6.45) is 0.0895. The maximum Gasteiger partial charge on any atom is 0.399 e. The van der Waals surface area contributed by atoms with Gasteiger partial charge in [-0.15, -0.1) is 0 Å². The highest BCUT2D eigenvalue weighted by Gasteiger charge is 2.51. The predicted molar refractivity (Wildman–Crippen MR) is 153 cm³/mol. The molecule has 2 fully saturated rings. The van der Waals surface area contributed by atoms with Gasteiger partial charge in [0, 0.05) is 28.3 Å². The summed E-state index contributed by atoms with van der Waals surface area (Å²) in [6.45, 7) is -0.972. The van der Waals surface area contributed by atoms with Crippen LogP contribution in [0.3, 0.4) is 0 Å². The average Bonchev–Trinajstić information content (AvgIpc) is 3.94. The molecule has 2 aromatic heterocycles. The van der Waals surface area contributed by atoms with Crippen LogP contribution in [0, 0.1) is 11.7 Å². The normalized spacial score (nSPS) is 19.3. The van der Waals surface area contributed by atoms with E-state index < -0.39 is 36.0 Å². The Bertz CT molecular complexity index is 1790. The van der Waals surface area contributed by atoms with Crippen molar-refractivity contribution in [2.45, 2.75) is 49.5 Å². The lowest BCUT2D eigenvalue weighted by atomic mass is 9.88. The van der Waals surface area contributed by atoms with E-state index >= 15 is 0 Å². The molecule has 44 heavy (non-hydrogen) atoms. The number of halogens is 5. The third-order valence-corrected chi connectivity index (χ3v) is 8.61. The van der Waals surface area contributed by atoms with Crippen molar-refractivity contribution in [2.75, 3.05) is 13.2 Å². The van der Waals surface area contributed by atoms with Crippen molar-refractivity contribution < 1.29 is 36.9 Å². The van der Waals surface area contributed by atoms with Crippen molar-refractivity contribution in [3.8, 4) is 22.8 Å². The largest absolute Gasteiger partial charge is 0.490 e. The highest BCUT2D eigenvalue weighted by Crippen LogP contribution is 2.51. The molecule has 4 aromatic rings. The number of nitrogens with zero attached hydrogens (tertiary/aromatic N) is 2. The van der Waals surface area contributed by atoms with Crippen LogP contribution in [0.2, 0.25) is 5.02 Å². The number of carbonyl (C=O) groups is 1. The molecule has 2 aromatic carbocycles. The van der Waals surface area contributed by atoms with Crippen molar-refractivity contribution in [2.24, 2.45) is 5.92 Å². The van der Waals surface area contributed by atoms with Gasteiger partial charge >= 0.3 is 6.18 Å². The number of amides is 1. The summed E-state index contributed by atoms with van der Waals surface area (Å²) in [5, 5.41) is 15.3. The third kappa shape index (κ3) is 5.32. The molecule has 3 aliphatic rings. The maximum absolute atomic E-state index is 14.1. The van der Waals surface area contributed by atoms with Crippen molar-refractivity contribution in [1.82, 2.24) is 15.3 Å². The van der Waals surface area contributed by atoms with Crippen LogP contribution in [0.4, 0.5) is 17.6 Å². The summed E-state index contributed by atoms with van der Waals surface area (Å²) in [5.41, 5.74) is -0.890. The fourth-order valence-electron chi connectivity index (χ4n) is 5.62.